The predicted molar refractivity (Wildman–Crippen MR) is 57.8 cm³/mol. The van der Waals surface area contributed by atoms with Crippen LogP contribution in [0.15, 0.2) is 22.7 Å². The van der Waals surface area contributed by atoms with Crippen molar-refractivity contribution < 1.29 is 14.7 Å². The maximum Gasteiger partial charge on any atom is 0.234 e. The number of halogens is 1. The molecule has 0 radical (unpaired) electrons. The third-order valence-corrected chi connectivity index (χ3v) is 2.88. The summed E-state index contributed by atoms with van der Waals surface area (Å²) in [5, 5.41) is 9.31. The van der Waals surface area contributed by atoms with Crippen LogP contribution in [0.5, 0.6) is 5.75 Å². The standard InChI is InChI=1S/C10H8BrNO3/c11-8-2-1-6(13)3-9(8)12-5-7(14)4-10(12)15/h1-3,13H,4-5H2. The van der Waals surface area contributed by atoms with Crippen LogP contribution in [0.2, 0.25) is 0 Å². The van der Waals surface area contributed by atoms with Gasteiger partial charge in [-0.2, -0.15) is 0 Å². The smallest absolute Gasteiger partial charge is 0.234 e. The van der Waals surface area contributed by atoms with E-state index >= 15 is 0 Å². The molecule has 1 aromatic rings. The van der Waals surface area contributed by atoms with Crippen molar-refractivity contribution in [2.75, 3.05) is 11.4 Å². The van der Waals surface area contributed by atoms with Crippen LogP contribution in [-0.2, 0) is 9.59 Å². The van der Waals surface area contributed by atoms with Crippen LogP contribution in [0.4, 0.5) is 5.69 Å². The molecule has 1 aliphatic heterocycles. The Morgan fingerprint density at radius 2 is 2.07 bits per heavy atom. The number of amides is 1. The van der Waals surface area contributed by atoms with Gasteiger partial charge in [0.1, 0.15) is 5.75 Å². The highest BCUT2D eigenvalue weighted by Gasteiger charge is 2.29. The first kappa shape index (κ1) is 10.2. The second kappa shape index (κ2) is 3.66. The summed E-state index contributed by atoms with van der Waals surface area (Å²) in [5.74, 6) is -0.262. The number of Topliss-reactive ketones (excluding diaryl/α,β-unsaturated/α-hetero) is 1. The number of carbonyl (C=O) groups is 2. The van der Waals surface area contributed by atoms with E-state index < -0.39 is 0 Å². The van der Waals surface area contributed by atoms with Crippen molar-refractivity contribution in [1.29, 1.82) is 0 Å². The van der Waals surface area contributed by atoms with Crippen molar-refractivity contribution in [3.05, 3.63) is 22.7 Å². The highest BCUT2D eigenvalue weighted by molar-refractivity contribution is 9.10. The summed E-state index contributed by atoms with van der Waals surface area (Å²) in [7, 11) is 0. The zero-order chi connectivity index (χ0) is 11.0. The maximum absolute atomic E-state index is 11.5. The van der Waals surface area contributed by atoms with Gasteiger partial charge in [-0.1, -0.05) is 0 Å². The van der Waals surface area contributed by atoms with Crippen molar-refractivity contribution in [3.8, 4) is 5.75 Å². The van der Waals surface area contributed by atoms with Crippen LogP contribution in [0.1, 0.15) is 6.42 Å². The average molecular weight is 270 g/mol. The number of aromatic hydroxyl groups is 1. The van der Waals surface area contributed by atoms with Crippen molar-refractivity contribution in [2.45, 2.75) is 6.42 Å². The molecule has 1 heterocycles. The molecule has 78 valence electrons. The van der Waals surface area contributed by atoms with Gasteiger partial charge in [0.2, 0.25) is 5.91 Å². The molecule has 1 amide bonds. The Morgan fingerprint density at radius 1 is 1.33 bits per heavy atom. The second-order valence-electron chi connectivity index (χ2n) is 3.33. The van der Waals surface area contributed by atoms with Gasteiger partial charge in [0.15, 0.2) is 5.78 Å². The largest absolute Gasteiger partial charge is 0.508 e. The Balaban J connectivity index is 2.41. The van der Waals surface area contributed by atoms with E-state index in [4.69, 9.17) is 0 Å². The van der Waals surface area contributed by atoms with Crippen molar-refractivity contribution in [2.24, 2.45) is 0 Å². The van der Waals surface area contributed by atoms with E-state index in [1.807, 2.05) is 0 Å². The molecule has 1 N–H and O–H groups in total. The number of nitrogens with zero attached hydrogens (tertiary/aromatic N) is 1. The predicted octanol–water partition coefficient (Wildman–Crippen LogP) is 1.46. The fraction of sp³-hybridized carbons (Fsp3) is 0.200. The van der Waals surface area contributed by atoms with Gasteiger partial charge >= 0.3 is 0 Å². The number of phenols is 1. The summed E-state index contributed by atoms with van der Waals surface area (Å²) in [6.45, 7) is 0.0842. The van der Waals surface area contributed by atoms with E-state index in [-0.39, 0.29) is 30.4 Å². The Kier molecular flexibility index (Phi) is 2.48. The third-order valence-electron chi connectivity index (χ3n) is 2.20. The SMILES string of the molecule is O=C1CC(=O)N(c2cc(O)ccc2Br)C1. The second-order valence-corrected chi connectivity index (χ2v) is 4.19. The molecule has 1 aromatic carbocycles. The summed E-state index contributed by atoms with van der Waals surface area (Å²) in [5.41, 5.74) is 0.533. The summed E-state index contributed by atoms with van der Waals surface area (Å²) < 4.78 is 0.684. The minimum atomic E-state index is -0.230. The van der Waals surface area contributed by atoms with Crippen LogP contribution >= 0.6 is 15.9 Å². The number of benzene rings is 1. The van der Waals surface area contributed by atoms with Crippen molar-refractivity contribution >= 4 is 33.3 Å². The highest BCUT2D eigenvalue weighted by Crippen LogP contribution is 2.31. The van der Waals surface area contributed by atoms with Crippen molar-refractivity contribution in [3.63, 3.8) is 0 Å². The van der Waals surface area contributed by atoms with E-state index in [1.54, 1.807) is 6.07 Å². The first-order valence-electron chi connectivity index (χ1n) is 4.38. The molecular formula is C10H8BrNO3. The Labute approximate surface area is 94.6 Å². The van der Waals surface area contributed by atoms with E-state index in [0.29, 0.717) is 10.2 Å². The van der Waals surface area contributed by atoms with Crippen molar-refractivity contribution in [1.82, 2.24) is 0 Å². The lowest BCUT2D eigenvalue weighted by atomic mass is 10.3. The summed E-state index contributed by atoms with van der Waals surface area (Å²) >= 11 is 3.27. The minimum Gasteiger partial charge on any atom is -0.508 e. The number of carbonyl (C=O) groups excluding carboxylic acids is 2. The molecule has 0 aliphatic carbocycles. The van der Waals surface area contributed by atoms with Gasteiger partial charge in [-0.05, 0) is 28.1 Å². The molecule has 2 rings (SSSR count). The molecule has 1 fully saturated rings. The first-order valence-corrected chi connectivity index (χ1v) is 5.18. The van der Waals surface area contributed by atoms with Gasteiger partial charge < -0.3 is 10.0 Å². The van der Waals surface area contributed by atoms with E-state index in [9.17, 15) is 14.7 Å². The van der Waals surface area contributed by atoms with Crippen LogP contribution in [0, 0.1) is 0 Å². The summed E-state index contributed by atoms with van der Waals surface area (Å²) in [4.78, 5) is 23.9. The monoisotopic (exact) mass is 269 g/mol. The van der Waals surface area contributed by atoms with Crippen LogP contribution in [-0.4, -0.2) is 23.3 Å². The highest BCUT2D eigenvalue weighted by atomic mass is 79.9. The lowest BCUT2D eigenvalue weighted by molar-refractivity contribution is -0.121. The van der Waals surface area contributed by atoms with Gasteiger partial charge in [0, 0.05) is 10.5 Å². The number of ketones is 1. The quantitative estimate of drug-likeness (QED) is 0.786. The minimum absolute atomic E-state index is 0.0535. The Bertz CT molecular complexity index is 444. The van der Waals surface area contributed by atoms with E-state index in [0.717, 1.165) is 0 Å². The Hall–Kier alpha value is -1.36. The molecule has 1 aliphatic rings. The number of rotatable bonds is 1. The topological polar surface area (TPSA) is 57.6 Å². The fourth-order valence-electron chi connectivity index (χ4n) is 1.51. The van der Waals surface area contributed by atoms with Crippen LogP contribution < -0.4 is 4.90 Å². The zero-order valence-corrected chi connectivity index (χ0v) is 9.32. The van der Waals surface area contributed by atoms with Gasteiger partial charge in [-0.15, -0.1) is 0 Å². The van der Waals surface area contributed by atoms with Gasteiger partial charge in [0.25, 0.3) is 0 Å². The van der Waals surface area contributed by atoms with E-state index in [2.05, 4.69) is 15.9 Å². The molecule has 0 bridgehead atoms. The first-order chi connectivity index (χ1) is 7.08. The van der Waals surface area contributed by atoms with E-state index in [1.165, 1.54) is 17.0 Å². The van der Waals surface area contributed by atoms with Gasteiger partial charge in [-0.3, -0.25) is 9.59 Å². The molecule has 5 heteroatoms. The maximum atomic E-state index is 11.5. The average Bonchev–Trinajstić information content (AvgIpc) is 2.50. The molecule has 0 atom stereocenters. The molecule has 4 nitrogen and oxygen atoms in total. The molecular weight excluding hydrogens is 262 g/mol. The summed E-state index contributed by atoms with van der Waals surface area (Å²) in [6, 6.07) is 4.61. The van der Waals surface area contributed by atoms with Crippen LogP contribution in [0.25, 0.3) is 0 Å². The fourth-order valence-corrected chi connectivity index (χ4v) is 1.97. The molecule has 0 spiro atoms. The summed E-state index contributed by atoms with van der Waals surface area (Å²) in [6.07, 6.45) is -0.0535. The van der Waals surface area contributed by atoms with Gasteiger partial charge in [0.05, 0.1) is 18.7 Å². The molecule has 1 saturated heterocycles. The lowest BCUT2D eigenvalue weighted by Crippen LogP contribution is -2.24. The number of hydrogen-bond acceptors (Lipinski definition) is 3. The Morgan fingerprint density at radius 3 is 2.67 bits per heavy atom. The van der Waals surface area contributed by atoms with Gasteiger partial charge in [-0.25, -0.2) is 0 Å². The lowest BCUT2D eigenvalue weighted by Gasteiger charge is -2.16. The third kappa shape index (κ3) is 1.87. The normalized spacial score (nSPS) is 16.2. The zero-order valence-electron chi connectivity index (χ0n) is 7.74. The molecule has 0 unspecified atom stereocenters. The number of hydrogen-bond donors (Lipinski definition) is 1. The number of anilines is 1. The molecule has 15 heavy (non-hydrogen) atoms. The molecule has 0 aromatic heterocycles. The molecule has 0 saturated carbocycles. The number of phenolic OH excluding ortho intramolecular Hbond substituents is 1. The van der Waals surface area contributed by atoms with Crippen LogP contribution in [0.3, 0.4) is 0 Å².